The van der Waals surface area contributed by atoms with E-state index in [2.05, 4.69) is 10.3 Å². The average Bonchev–Trinajstić information content (AvgIpc) is 2.94. The molecule has 5 heteroatoms. The molecule has 3 rings (SSSR count). The van der Waals surface area contributed by atoms with E-state index in [1.165, 1.54) is 18.2 Å². The molecule has 0 saturated heterocycles. The molecule has 3 aromatic rings. The minimum absolute atomic E-state index is 0.147. The third-order valence-electron chi connectivity index (χ3n) is 3.32. The number of amides is 1. The third-order valence-corrected chi connectivity index (χ3v) is 3.32. The minimum atomic E-state index is -0.392. The van der Waals surface area contributed by atoms with Crippen molar-refractivity contribution in [2.75, 3.05) is 6.61 Å². The number of hydrogen-bond donors (Lipinski definition) is 2. The van der Waals surface area contributed by atoms with Crippen LogP contribution in [0.4, 0.5) is 4.39 Å². The fourth-order valence-electron chi connectivity index (χ4n) is 2.23. The number of aromatic nitrogens is 1. The second-order valence-corrected chi connectivity index (χ2v) is 4.88. The molecule has 0 atom stereocenters. The number of ether oxygens (including phenoxy) is 1. The fourth-order valence-corrected chi connectivity index (χ4v) is 2.23. The monoisotopic (exact) mass is 298 g/mol. The van der Waals surface area contributed by atoms with E-state index in [4.69, 9.17) is 4.74 Å². The number of rotatable bonds is 5. The van der Waals surface area contributed by atoms with Crippen molar-refractivity contribution in [1.29, 1.82) is 0 Å². The quantitative estimate of drug-likeness (QED) is 0.761. The van der Waals surface area contributed by atoms with Crippen molar-refractivity contribution in [3.63, 3.8) is 0 Å². The lowest BCUT2D eigenvalue weighted by atomic mass is 10.2. The molecule has 1 amide bonds. The Bertz CT molecular complexity index is 798. The molecular weight excluding hydrogens is 283 g/mol. The van der Waals surface area contributed by atoms with Crippen molar-refractivity contribution in [1.82, 2.24) is 10.3 Å². The van der Waals surface area contributed by atoms with Crippen LogP contribution < -0.4 is 10.1 Å². The minimum Gasteiger partial charge on any atom is -0.484 e. The van der Waals surface area contributed by atoms with Gasteiger partial charge >= 0.3 is 0 Å². The molecule has 1 heterocycles. The Morgan fingerprint density at radius 2 is 2.05 bits per heavy atom. The highest BCUT2D eigenvalue weighted by molar-refractivity contribution is 5.84. The first-order valence-electron chi connectivity index (χ1n) is 6.92. The number of benzene rings is 2. The molecule has 0 aliphatic rings. The summed E-state index contributed by atoms with van der Waals surface area (Å²) >= 11 is 0. The van der Waals surface area contributed by atoms with Crippen LogP contribution in [0, 0.1) is 5.82 Å². The summed E-state index contributed by atoms with van der Waals surface area (Å²) in [5, 5.41) is 3.86. The highest BCUT2D eigenvalue weighted by atomic mass is 19.1. The van der Waals surface area contributed by atoms with Gasteiger partial charge in [0.25, 0.3) is 5.91 Å². The maximum Gasteiger partial charge on any atom is 0.258 e. The van der Waals surface area contributed by atoms with E-state index in [9.17, 15) is 9.18 Å². The van der Waals surface area contributed by atoms with E-state index in [1.807, 2.05) is 30.5 Å². The molecule has 22 heavy (non-hydrogen) atoms. The second kappa shape index (κ2) is 6.30. The Kier molecular flexibility index (Phi) is 4.05. The van der Waals surface area contributed by atoms with Crippen LogP contribution in [0.5, 0.6) is 5.75 Å². The van der Waals surface area contributed by atoms with Gasteiger partial charge in [-0.1, -0.05) is 24.3 Å². The van der Waals surface area contributed by atoms with Gasteiger partial charge < -0.3 is 15.0 Å². The van der Waals surface area contributed by atoms with E-state index < -0.39 is 5.82 Å². The second-order valence-electron chi connectivity index (χ2n) is 4.88. The van der Waals surface area contributed by atoms with E-state index in [1.54, 1.807) is 6.07 Å². The molecule has 0 spiro atoms. The molecule has 0 fully saturated rings. The summed E-state index contributed by atoms with van der Waals surface area (Å²) in [6, 6.07) is 13.6. The van der Waals surface area contributed by atoms with Crippen molar-refractivity contribution in [3.05, 3.63) is 66.1 Å². The molecule has 0 aliphatic carbocycles. The summed E-state index contributed by atoms with van der Waals surface area (Å²) in [6.07, 6.45) is 1.87. The average molecular weight is 298 g/mol. The molecule has 0 aliphatic heterocycles. The predicted molar refractivity (Wildman–Crippen MR) is 82.0 cm³/mol. The lowest BCUT2D eigenvalue weighted by Crippen LogP contribution is -2.28. The van der Waals surface area contributed by atoms with Crippen LogP contribution in [0.1, 0.15) is 5.56 Å². The van der Waals surface area contributed by atoms with E-state index in [0.29, 0.717) is 12.3 Å². The van der Waals surface area contributed by atoms with E-state index in [0.717, 1.165) is 16.5 Å². The summed E-state index contributed by atoms with van der Waals surface area (Å²) in [4.78, 5) is 14.9. The van der Waals surface area contributed by atoms with Crippen LogP contribution in [0.3, 0.4) is 0 Å². The van der Waals surface area contributed by atoms with Crippen molar-refractivity contribution in [3.8, 4) is 5.75 Å². The molecule has 0 unspecified atom stereocenters. The van der Waals surface area contributed by atoms with Gasteiger partial charge in [-0.15, -0.1) is 0 Å². The van der Waals surface area contributed by atoms with Gasteiger partial charge in [-0.05, 0) is 23.8 Å². The Morgan fingerprint density at radius 3 is 2.91 bits per heavy atom. The predicted octanol–water partition coefficient (Wildman–Crippen LogP) is 3.00. The van der Waals surface area contributed by atoms with Crippen LogP contribution in [0.2, 0.25) is 0 Å². The van der Waals surface area contributed by atoms with Crippen molar-refractivity contribution >= 4 is 16.8 Å². The maximum atomic E-state index is 13.0. The topological polar surface area (TPSA) is 54.1 Å². The highest BCUT2D eigenvalue weighted by Crippen LogP contribution is 2.17. The normalized spacial score (nSPS) is 10.6. The van der Waals surface area contributed by atoms with Gasteiger partial charge in [0.15, 0.2) is 6.61 Å². The Labute approximate surface area is 126 Å². The SMILES string of the molecule is O=C(COc1cccc(F)c1)NCc1c[nH]c2ccccc12. The van der Waals surface area contributed by atoms with Gasteiger partial charge in [-0.25, -0.2) is 4.39 Å². The standard InChI is InChI=1S/C17H15FN2O2/c18-13-4-3-5-14(8-13)22-11-17(21)20-10-12-9-19-16-7-2-1-6-15(12)16/h1-9,19H,10-11H2,(H,20,21). The molecule has 0 bridgehead atoms. The third kappa shape index (κ3) is 3.25. The number of halogens is 1. The zero-order valence-corrected chi connectivity index (χ0v) is 11.8. The van der Waals surface area contributed by atoms with E-state index >= 15 is 0 Å². The van der Waals surface area contributed by atoms with Crippen LogP contribution in [0.25, 0.3) is 10.9 Å². The fraction of sp³-hybridized carbons (Fsp3) is 0.118. The maximum absolute atomic E-state index is 13.0. The number of H-pyrrole nitrogens is 1. The number of para-hydroxylation sites is 1. The first kappa shape index (κ1) is 14.1. The molecule has 1 aromatic heterocycles. The Morgan fingerprint density at radius 1 is 1.18 bits per heavy atom. The largest absolute Gasteiger partial charge is 0.484 e. The zero-order chi connectivity index (χ0) is 15.4. The number of nitrogens with one attached hydrogen (secondary N) is 2. The lowest BCUT2D eigenvalue weighted by molar-refractivity contribution is -0.123. The van der Waals surface area contributed by atoms with Gasteiger partial charge in [0.2, 0.25) is 0 Å². The Balaban J connectivity index is 1.54. The number of aromatic amines is 1. The first-order chi connectivity index (χ1) is 10.7. The molecular formula is C17H15FN2O2. The number of hydrogen-bond acceptors (Lipinski definition) is 2. The van der Waals surface area contributed by atoms with Crippen LogP contribution in [-0.4, -0.2) is 17.5 Å². The molecule has 0 saturated carbocycles. The van der Waals surface area contributed by atoms with Gasteiger partial charge in [-0.3, -0.25) is 4.79 Å². The first-order valence-corrected chi connectivity index (χ1v) is 6.92. The van der Waals surface area contributed by atoms with Gasteiger partial charge in [0.05, 0.1) is 0 Å². The van der Waals surface area contributed by atoms with Crippen LogP contribution in [-0.2, 0) is 11.3 Å². The number of carbonyl (C=O) groups is 1. The molecule has 4 nitrogen and oxygen atoms in total. The molecule has 2 aromatic carbocycles. The molecule has 2 N–H and O–H groups in total. The Hall–Kier alpha value is -2.82. The summed E-state index contributed by atoms with van der Waals surface area (Å²) < 4.78 is 18.2. The number of fused-ring (bicyclic) bond motifs is 1. The molecule has 0 radical (unpaired) electrons. The number of carbonyl (C=O) groups excluding carboxylic acids is 1. The highest BCUT2D eigenvalue weighted by Gasteiger charge is 2.06. The molecule has 112 valence electrons. The van der Waals surface area contributed by atoms with Crippen molar-refractivity contribution < 1.29 is 13.9 Å². The summed E-state index contributed by atoms with van der Waals surface area (Å²) in [5.41, 5.74) is 2.04. The van der Waals surface area contributed by atoms with Crippen LogP contribution >= 0.6 is 0 Å². The van der Waals surface area contributed by atoms with Crippen molar-refractivity contribution in [2.45, 2.75) is 6.54 Å². The lowest BCUT2D eigenvalue weighted by Gasteiger charge is -2.07. The summed E-state index contributed by atoms with van der Waals surface area (Å²) in [7, 11) is 0. The van der Waals surface area contributed by atoms with Gasteiger partial charge in [-0.2, -0.15) is 0 Å². The van der Waals surface area contributed by atoms with Crippen LogP contribution in [0.15, 0.2) is 54.7 Å². The summed E-state index contributed by atoms with van der Waals surface area (Å²) in [5.74, 6) is -0.312. The smallest absolute Gasteiger partial charge is 0.258 e. The zero-order valence-electron chi connectivity index (χ0n) is 11.8. The van der Waals surface area contributed by atoms with Gasteiger partial charge in [0.1, 0.15) is 11.6 Å². The van der Waals surface area contributed by atoms with E-state index in [-0.39, 0.29) is 12.5 Å². The van der Waals surface area contributed by atoms with Gasteiger partial charge in [0, 0.05) is 29.7 Å². The van der Waals surface area contributed by atoms with Crippen molar-refractivity contribution in [2.24, 2.45) is 0 Å². The summed E-state index contributed by atoms with van der Waals surface area (Å²) in [6.45, 7) is 0.265.